The Morgan fingerprint density at radius 2 is 1.21 bits per heavy atom. The van der Waals surface area contributed by atoms with Gasteiger partial charge < -0.3 is 24.6 Å². The van der Waals surface area contributed by atoms with Crippen molar-refractivity contribution in [2.45, 2.75) is 77.6 Å². The topological polar surface area (TPSA) is 115 Å². The summed E-state index contributed by atoms with van der Waals surface area (Å²) in [6.07, 6.45) is 16.3. The number of quaternary nitrogens is 1. The highest BCUT2D eigenvalue weighted by atomic mass is 16.4. The summed E-state index contributed by atoms with van der Waals surface area (Å²) in [4.78, 5) is 33.2. The molecule has 0 aliphatic rings. The van der Waals surface area contributed by atoms with Crippen molar-refractivity contribution in [2.75, 3.05) is 26.2 Å². The van der Waals surface area contributed by atoms with Crippen LogP contribution in [0.15, 0.2) is 12.2 Å². The van der Waals surface area contributed by atoms with Gasteiger partial charge in [0.1, 0.15) is 6.54 Å². The van der Waals surface area contributed by atoms with Crippen LogP contribution in [0.4, 0.5) is 0 Å². The molecule has 0 aliphatic heterocycles. The smallest absolute Gasteiger partial charge is 0.359 e. The molecule has 0 fully saturated rings. The summed E-state index contributed by atoms with van der Waals surface area (Å²) in [6.45, 7) is 0.725. The third-order valence-corrected chi connectivity index (χ3v) is 4.81. The number of hydrogen-bond donors (Lipinski definition) is 2. The molecule has 0 amide bonds. The van der Waals surface area contributed by atoms with Crippen LogP contribution in [-0.2, 0) is 14.4 Å². The second-order valence-corrected chi connectivity index (χ2v) is 7.55. The number of carbonyl (C=O) groups excluding carboxylic acids is 1. The van der Waals surface area contributed by atoms with Gasteiger partial charge in [0.15, 0.2) is 13.1 Å². The van der Waals surface area contributed by atoms with Crippen LogP contribution >= 0.6 is 0 Å². The first kappa shape index (κ1) is 26.1. The predicted octanol–water partition coefficient (Wildman–Crippen LogP) is 2.59. The highest BCUT2D eigenvalue weighted by Crippen LogP contribution is 2.14. The Bertz CT molecular complexity index is 448. The lowest BCUT2D eigenvalue weighted by Crippen LogP contribution is -2.59. The Morgan fingerprint density at radius 3 is 1.64 bits per heavy atom. The van der Waals surface area contributed by atoms with E-state index in [9.17, 15) is 19.5 Å². The molecule has 7 heteroatoms. The standard InChI is InChI=1S/C21H37NO6/c1-2-3-4-5-6-7-8-9-10-11-12-13-14-15-22(16-19(23)24,17-20(25)26)18-21(27)28/h3-4H,2,5-18H2,1H3,(H2-,23,24,25,26,27,28)/b4-3+. The van der Waals surface area contributed by atoms with Crippen LogP contribution < -0.4 is 5.11 Å². The van der Waals surface area contributed by atoms with Crippen molar-refractivity contribution in [1.29, 1.82) is 0 Å². The third kappa shape index (κ3) is 15.2. The van der Waals surface area contributed by atoms with Crippen molar-refractivity contribution in [2.24, 2.45) is 0 Å². The van der Waals surface area contributed by atoms with E-state index in [0.29, 0.717) is 6.42 Å². The minimum atomic E-state index is -1.42. The molecule has 0 atom stereocenters. The number of nitrogens with zero attached hydrogens (tertiary/aromatic N) is 1. The number of rotatable bonds is 19. The monoisotopic (exact) mass is 399 g/mol. The maximum Gasteiger partial charge on any atom is 0.359 e. The molecule has 0 unspecified atom stereocenters. The molecule has 0 saturated heterocycles. The number of allylic oxidation sites excluding steroid dienone is 2. The van der Waals surface area contributed by atoms with Gasteiger partial charge in [0, 0.05) is 0 Å². The van der Waals surface area contributed by atoms with Crippen LogP contribution in [-0.4, -0.2) is 58.8 Å². The van der Waals surface area contributed by atoms with E-state index in [1.165, 1.54) is 25.7 Å². The molecule has 0 aromatic carbocycles. The van der Waals surface area contributed by atoms with Gasteiger partial charge >= 0.3 is 11.9 Å². The summed E-state index contributed by atoms with van der Waals surface area (Å²) in [6, 6.07) is 0. The van der Waals surface area contributed by atoms with E-state index < -0.39 is 42.0 Å². The molecule has 0 bridgehead atoms. The highest BCUT2D eigenvalue weighted by Gasteiger charge is 2.33. The first-order chi connectivity index (χ1) is 13.3. The Balaban J connectivity index is 4.03. The molecule has 0 aromatic heterocycles. The zero-order chi connectivity index (χ0) is 21.3. The van der Waals surface area contributed by atoms with Crippen molar-refractivity contribution in [3.63, 3.8) is 0 Å². The van der Waals surface area contributed by atoms with Gasteiger partial charge in [-0.2, -0.15) is 0 Å². The molecule has 0 aliphatic carbocycles. The molecule has 7 nitrogen and oxygen atoms in total. The van der Waals surface area contributed by atoms with Crippen LogP contribution in [0.3, 0.4) is 0 Å². The van der Waals surface area contributed by atoms with Gasteiger partial charge in [0.25, 0.3) is 0 Å². The first-order valence-corrected chi connectivity index (χ1v) is 10.4. The molecular formula is C21H37NO6. The van der Waals surface area contributed by atoms with Gasteiger partial charge in [-0.25, -0.2) is 9.59 Å². The summed E-state index contributed by atoms with van der Waals surface area (Å²) < 4.78 is -0.501. The zero-order valence-electron chi connectivity index (χ0n) is 17.2. The maximum atomic E-state index is 11.1. The second-order valence-electron chi connectivity index (χ2n) is 7.55. The maximum absolute atomic E-state index is 11.1. The summed E-state index contributed by atoms with van der Waals surface area (Å²) in [5.41, 5.74) is 0. The van der Waals surface area contributed by atoms with Crippen LogP contribution in [0.2, 0.25) is 0 Å². The van der Waals surface area contributed by atoms with Crippen molar-refractivity contribution < 1.29 is 34.2 Å². The average Bonchev–Trinajstić information content (AvgIpc) is 2.57. The minimum Gasteiger partial charge on any atom is -0.544 e. The predicted molar refractivity (Wildman–Crippen MR) is 106 cm³/mol. The molecule has 0 spiro atoms. The molecule has 28 heavy (non-hydrogen) atoms. The molecule has 2 N–H and O–H groups in total. The molecule has 162 valence electrons. The van der Waals surface area contributed by atoms with Gasteiger partial charge in [-0.3, -0.25) is 0 Å². The van der Waals surface area contributed by atoms with Gasteiger partial charge in [0.2, 0.25) is 0 Å². The molecule has 0 rings (SSSR count). The van der Waals surface area contributed by atoms with E-state index in [0.717, 1.165) is 38.5 Å². The summed E-state index contributed by atoms with van der Waals surface area (Å²) in [5.74, 6) is -3.83. The number of aliphatic carboxylic acids is 3. The molecule has 0 radical (unpaired) electrons. The van der Waals surface area contributed by atoms with Crippen LogP contribution in [0.25, 0.3) is 0 Å². The van der Waals surface area contributed by atoms with Crippen LogP contribution in [0.5, 0.6) is 0 Å². The van der Waals surface area contributed by atoms with E-state index in [1.807, 2.05) is 0 Å². The lowest BCUT2D eigenvalue weighted by molar-refractivity contribution is -0.909. The fourth-order valence-corrected chi connectivity index (χ4v) is 3.48. The van der Waals surface area contributed by atoms with Crippen molar-refractivity contribution in [1.82, 2.24) is 0 Å². The van der Waals surface area contributed by atoms with E-state index in [4.69, 9.17) is 10.2 Å². The zero-order valence-corrected chi connectivity index (χ0v) is 17.2. The number of unbranched alkanes of at least 4 members (excludes halogenated alkanes) is 9. The SMILES string of the molecule is CC/C=C/CCCCCCCCCCC[N+](CC(=O)[O-])(CC(=O)O)CC(=O)O. The van der Waals surface area contributed by atoms with E-state index in [2.05, 4.69) is 19.1 Å². The number of hydrogen-bond acceptors (Lipinski definition) is 4. The van der Waals surface area contributed by atoms with Gasteiger partial charge in [-0.15, -0.1) is 0 Å². The highest BCUT2D eigenvalue weighted by molar-refractivity contribution is 5.72. The van der Waals surface area contributed by atoms with Crippen molar-refractivity contribution in [3.05, 3.63) is 12.2 Å². The molecule has 0 heterocycles. The second kappa shape index (κ2) is 16.1. The van der Waals surface area contributed by atoms with E-state index >= 15 is 0 Å². The van der Waals surface area contributed by atoms with E-state index in [1.54, 1.807) is 0 Å². The van der Waals surface area contributed by atoms with Crippen molar-refractivity contribution in [3.8, 4) is 0 Å². The molecular weight excluding hydrogens is 362 g/mol. The summed E-state index contributed by atoms with van der Waals surface area (Å²) in [5, 5.41) is 29.1. The number of carbonyl (C=O) groups is 3. The van der Waals surface area contributed by atoms with Crippen LogP contribution in [0.1, 0.15) is 77.6 Å². The summed E-state index contributed by atoms with van der Waals surface area (Å²) in [7, 11) is 0. The van der Waals surface area contributed by atoms with Crippen LogP contribution in [0, 0.1) is 0 Å². The molecule has 0 saturated carbocycles. The average molecular weight is 400 g/mol. The number of carboxylic acid groups (broad SMARTS) is 3. The Kier molecular flexibility index (Phi) is 15.0. The largest absolute Gasteiger partial charge is 0.544 e. The summed E-state index contributed by atoms with van der Waals surface area (Å²) >= 11 is 0. The normalized spacial score (nSPS) is 11.8. The Hall–Kier alpha value is -1.89. The van der Waals surface area contributed by atoms with Gasteiger partial charge in [-0.1, -0.05) is 57.6 Å². The van der Waals surface area contributed by atoms with Gasteiger partial charge in [-0.05, 0) is 32.1 Å². The quantitative estimate of drug-likeness (QED) is 0.196. The van der Waals surface area contributed by atoms with E-state index in [-0.39, 0.29) is 6.54 Å². The van der Waals surface area contributed by atoms with Crippen molar-refractivity contribution >= 4 is 17.9 Å². The fourth-order valence-electron chi connectivity index (χ4n) is 3.48. The first-order valence-electron chi connectivity index (χ1n) is 10.4. The fraction of sp³-hybridized carbons (Fsp3) is 0.762. The molecule has 0 aromatic rings. The minimum absolute atomic E-state index is 0.220. The Labute approximate surface area is 168 Å². The Morgan fingerprint density at radius 1 is 0.750 bits per heavy atom. The number of carboxylic acids is 3. The lowest BCUT2D eigenvalue weighted by atomic mass is 10.1. The third-order valence-electron chi connectivity index (χ3n) is 4.81. The van der Waals surface area contributed by atoms with Gasteiger partial charge in [0.05, 0.1) is 12.5 Å². The lowest BCUT2D eigenvalue weighted by Gasteiger charge is -2.36.